The summed E-state index contributed by atoms with van der Waals surface area (Å²) in [5.41, 5.74) is 4.79. The van der Waals surface area contributed by atoms with Gasteiger partial charge in [-0.05, 0) is 158 Å². The third-order valence-corrected chi connectivity index (χ3v) is 17.5. The molecule has 0 aliphatic heterocycles. The van der Waals surface area contributed by atoms with E-state index in [4.69, 9.17) is 27.1 Å². The Kier molecular flexibility index (Phi) is 47.8. The Labute approximate surface area is 638 Å². The normalized spacial score (nSPS) is 12.8. The molecule has 6 aromatic rings. The van der Waals surface area contributed by atoms with Gasteiger partial charge in [0.05, 0.1) is 0 Å². The molecule has 0 bridgehead atoms. The van der Waals surface area contributed by atoms with Crippen LogP contribution in [0, 0.1) is 20.8 Å². The molecule has 6 N–H and O–H groups in total. The summed E-state index contributed by atoms with van der Waals surface area (Å²) in [5.74, 6) is 3.52. The largest absolute Gasteiger partial charge is 0.361 e. The van der Waals surface area contributed by atoms with Crippen molar-refractivity contribution >= 4 is 35.4 Å². The predicted molar refractivity (Wildman–Crippen MR) is 419 cm³/mol. The van der Waals surface area contributed by atoms with Crippen LogP contribution in [0.2, 0.25) is 0 Å². The maximum absolute atomic E-state index is 12.1. The number of unbranched alkanes of at least 4 members (excludes halogenated alkanes) is 2. The number of aromatic nitrogens is 6. The lowest BCUT2D eigenvalue weighted by atomic mass is 10.1. The van der Waals surface area contributed by atoms with Crippen LogP contribution in [-0.4, -0.2) is 254 Å². The SMILES string of the molecule is CCCCN(C)C(C)CNC(=O)c1cc(CC)on1.CCCCN(C)C(C)CNC(=O)c1noc(CC)c1C.CCc1cc(C(=O)NC(C)CN(C)C)no1.CCc1cc(C(=O)NC(C)CN(C)CC)no1.CCc1onc(C(=O)NC(C)CN(C)C)c1C.CCc1onc(C(=O)NC(C)CN(C)CC)c1C. The summed E-state index contributed by atoms with van der Waals surface area (Å²) in [6, 6.07) is 6.03. The molecule has 0 aliphatic rings. The molecule has 6 atom stereocenters. The second-order valence-electron chi connectivity index (χ2n) is 27.9. The minimum absolute atomic E-state index is 0.0821. The number of amides is 6. The van der Waals surface area contributed by atoms with Gasteiger partial charge in [-0.1, -0.05) is 113 Å². The molecule has 30 nitrogen and oxygen atoms in total. The van der Waals surface area contributed by atoms with E-state index in [0.29, 0.717) is 59.3 Å². The van der Waals surface area contributed by atoms with Crippen LogP contribution in [0.4, 0.5) is 0 Å². The molecule has 0 fully saturated rings. The molecule has 6 heterocycles. The van der Waals surface area contributed by atoms with Crippen LogP contribution < -0.4 is 31.9 Å². The first-order chi connectivity index (χ1) is 50.6. The van der Waals surface area contributed by atoms with E-state index in [1.54, 1.807) is 18.2 Å². The second kappa shape index (κ2) is 52.8. The number of aryl methyl sites for hydroxylation is 6. The van der Waals surface area contributed by atoms with Crippen LogP contribution in [0.15, 0.2) is 45.3 Å². The molecule has 107 heavy (non-hydrogen) atoms. The highest BCUT2D eigenvalue weighted by Crippen LogP contribution is 2.17. The van der Waals surface area contributed by atoms with Gasteiger partial charge in [0.15, 0.2) is 34.2 Å². The number of hydrogen-bond donors (Lipinski definition) is 6. The summed E-state index contributed by atoms with van der Waals surface area (Å²) in [4.78, 5) is 84.3. The van der Waals surface area contributed by atoms with Crippen LogP contribution in [0.25, 0.3) is 0 Å². The average Bonchev–Trinajstić information content (AvgIpc) is 1.73. The average molecular weight is 1510 g/mol. The molecule has 6 aromatic heterocycles. The molecular weight excluding hydrogens is 1370 g/mol. The maximum Gasteiger partial charge on any atom is 0.274 e. The van der Waals surface area contributed by atoms with E-state index >= 15 is 0 Å². The topological polar surface area (TPSA) is 350 Å². The molecule has 30 heteroatoms. The van der Waals surface area contributed by atoms with Gasteiger partial charge >= 0.3 is 0 Å². The Morgan fingerprint density at radius 1 is 0.364 bits per heavy atom. The number of nitrogens with one attached hydrogen (secondary N) is 6. The molecule has 0 spiro atoms. The lowest BCUT2D eigenvalue weighted by Gasteiger charge is -2.24. The van der Waals surface area contributed by atoms with Gasteiger partial charge in [-0.15, -0.1) is 0 Å². The second-order valence-corrected chi connectivity index (χ2v) is 27.9. The summed E-state index contributed by atoms with van der Waals surface area (Å²) in [6.07, 6.45) is 9.21. The van der Waals surface area contributed by atoms with Gasteiger partial charge in [0, 0.05) is 149 Å². The maximum atomic E-state index is 12.1. The number of hydrogen-bond acceptors (Lipinski definition) is 24. The predicted octanol–water partition coefficient (Wildman–Crippen LogP) is 9.55. The fourth-order valence-corrected chi connectivity index (χ4v) is 10.4. The number of likely N-dealkylation sites (N-methyl/N-ethyl adjacent to an activating group) is 6. The zero-order valence-electron chi connectivity index (χ0n) is 70.1. The van der Waals surface area contributed by atoms with Crippen molar-refractivity contribution in [3.63, 3.8) is 0 Å². The third kappa shape index (κ3) is 37.0. The Morgan fingerprint density at radius 2 is 0.645 bits per heavy atom. The van der Waals surface area contributed by atoms with Crippen LogP contribution >= 0.6 is 0 Å². The molecule has 0 saturated carbocycles. The summed E-state index contributed by atoms with van der Waals surface area (Å²) in [6.45, 7) is 46.6. The van der Waals surface area contributed by atoms with E-state index in [9.17, 15) is 28.8 Å². The van der Waals surface area contributed by atoms with Gasteiger partial charge in [0.2, 0.25) is 0 Å². The standard InChI is InChI=1S/C15H27N3O2.C14H25N3O2.C13H23N3O2.2C12H21N3O2.C11H19N3O2/c1-6-8-9-18(5)11(3)10-16-15(19)14-12(4)13(7-2)20-17-14;1-5-7-8-17(4)11(3)10-15-14(18)13-9-12(6-2)19-16-13;1-6-11-10(4)12(15-18-11)13(17)14-9(3)8-16(5)7-2;1-6-10-9(3)11(14-17-10)12(16)13-8(2)7-15(4)5;1-5-10-7-11(14-17-10)12(16)13-9(3)8-15(4)6-2;1-5-9-6-10(13-16-9)11(15)12-8(2)7-14(3)4/h11H,6-10H2,1-5H3,(H,16,19);9,11H,5-8,10H2,1-4H3,(H,15,18);9H,6-8H2,1-5H3,(H,14,17);8H,6-7H2,1-5H3,(H,13,16);7,9H,5-6,8H2,1-4H3,(H,13,16);6,8H,5,7H2,1-4H3,(H,12,15). The van der Waals surface area contributed by atoms with Crippen molar-refractivity contribution in [1.82, 2.24) is 92.2 Å². The van der Waals surface area contributed by atoms with Crippen LogP contribution in [0.1, 0.15) is 251 Å². The summed E-state index contributed by atoms with van der Waals surface area (Å²) < 4.78 is 30.4. The van der Waals surface area contributed by atoms with Gasteiger partial charge in [0.25, 0.3) is 35.4 Å². The first-order valence-electron chi connectivity index (χ1n) is 38.2. The fraction of sp³-hybridized carbons (Fsp3) is 0.688. The molecule has 6 amide bonds. The third-order valence-electron chi connectivity index (χ3n) is 17.5. The number of rotatable bonds is 38. The number of carbonyl (C=O) groups is 6. The van der Waals surface area contributed by atoms with E-state index in [0.717, 1.165) is 142 Å². The van der Waals surface area contributed by atoms with Crippen LogP contribution in [0.3, 0.4) is 0 Å². The molecule has 0 radical (unpaired) electrons. The summed E-state index contributed by atoms with van der Waals surface area (Å²) in [7, 11) is 16.1. The highest BCUT2D eigenvalue weighted by Gasteiger charge is 2.24. The molecular formula is C77H136N18O12. The van der Waals surface area contributed by atoms with Crippen molar-refractivity contribution in [2.75, 3.05) is 122 Å². The van der Waals surface area contributed by atoms with E-state index in [-0.39, 0.29) is 59.6 Å². The Balaban J connectivity index is 0.000000643. The molecule has 0 aromatic carbocycles. The van der Waals surface area contributed by atoms with Gasteiger partial charge < -0.3 is 88.4 Å². The van der Waals surface area contributed by atoms with Crippen LogP contribution in [0.5, 0.6) is 0 Å². The van der Waals surface area contributed by atoms with Crippen molar-refractivity contribution in [3.05, 3.63) is 104 Å². The molecule has 6 unspecified atom stereocenters. The lowest BCUT2D eigenvalue weighted by Crippen LogP contribution is -2.40. The molecule has 606 valence electrons. The summed E-state index contributed by atoms with van der Waals surface area (Å²) >= 11 is 0. The minimum atomic E-state index is -0.183. The van der Waals surface area contributed by atoms with Gasteiger partial charge in [-0.25, -0.2) is 0 Å². The molecule has 6 rings (SSSR count). The van der Waals surface area contributed by atoms with Gasteiger partial charge in [0.1, 0.15) is 34.6 Å². The smallest absolute Gasteiger partial charge is 0.274 e. The highest BCUT2D eigenvalue weighted by atomic mass is 16.5. The lowest BCUT2D eigenvalue weighted by molar-refractivity contribution is 0.0914. The zero-order valence-corrected chi connectivity index (χ0v) is 70.1. The Morgan fingerprint density at radius 3 is 0.907 bits per heavy atom. The van der Waals surface area contributed by atoms with Crippen molar-refractivity contribution < 1.29 is 55.9 Å². The van der Waals surface area contributed by atoms with Crippen molar-refractivity contribution in [2.45, 2.75) is 232 Å². The molecule has 0 saturated heterocycles. The quantitative estimate of drug-likeness (QED) is 0.0210. The fourth-order valence-electron chi connectivity index (χ4n) is 10.4. The Hall–Kier alpha value is -8.16. The first-order valence-corrected chi connectivity index (χ1v) is 38.2. The van der Waals surface area contributed by atoms with Crippen LogP contribution in [-0.2, 0) is 38.5 Å². The number of nitrogens with zero attached hydrogens (tertiary/aromatic N) is 12. The zero-order chi connectivity index (χ0) is 81.0. The van der Waals surface area contributed by atoms with Crippen molar-refractivity contribution in [3.8, 4) is 0 Å². The van der Waals surface area contributed by atoms with Crippen molar-refractivity contribution in [2.24, 2.45) is 0 Å². The van der Waals surface area contributed by atoms with Gasteiger partial charge in [-0.2, -0.15) is 0 Å². The van der Waals surface area contributed by atoms with E-state index < -0.39 is 0 Å². The van der Waals surface area contributed by atoms with Crippen molar-refractivity contribution in [1.29, 1.82) is 0 Å². The van der Waals surface area contributed by atoms with E-state index in [1.165, 1.54) is 25.7 Å². The van der Waals surface area contributed by atoms with E-state index in [1.807, 2.05) is 142 Å². The highest BCUT2D eigenvalue weighted by molar-refractivity contribution is 5.95. The monoisotopic (exact) mass is 1510 g/mol. The first kappa shape index (κ1) is 96.9. The summed E-state index contributed by atoms with van der Waals surface area (Å²) in [5, 5.41) is 40.1. The van der Waals surface area contributed by atoms with Gasteiger partial charge in [-0.3, -0.25) is 28.8 Å². The Bertz CT molecular complexity index is 3460. The molecule has 0 aliphatic carbocycles. The minimum Gasteiger partial charge on any atom is -0.361 e. The van der Waals surface area contributed by atoms with E-state index in [2.05, 4.69) is 138 Å². The number of carbonyl (C=O) groups excluding carboxylic acids is 6.